The molecule has 0 aliphatic heterocycles. The summed E-state index contributed by atoms with van der Waals surface area (Å²) in [6.45, 7) is 1.99. The maximum Gasteiger partial charge on any atom is 0.268 e. The van der Waals surface area contributed by atoms with E-state index < -0.39 is 0 Å². The topological polar surface area (TPSA) is 46.3 Å². The molecule has 4 heteroatoms. The Hall–Kier alpha value is -1.81. The van der Waals surface area contributed by atoms with Crippen LogP contribution < -0.4 is 10.6 Å². The van der Waals surface area contributed by atoms with E-state index in [0.717, 1.165) is 15.4 Å². The molecule has 0 bridgehead atoms. The minimum atomic E-state index is -0.00583. The summed E-state index contributed by atoms with van der Waals surface area (Å²) in [7, 11) is 1.76. The third-order valence-corrected chi connectivity index (χ3v) is 3.50. The van der Waals surface area contributed by atoms with Gasteiger partial charge in [0.25, 0.3) is 5.91 Å². The van der Waals surface area contributed by atoms with Crippen molar-refractivity contribution in [2.24, 2.45) is 0 Å². The van der Waals surface area contributed by atoms with Gasteiger partial charge in [-0.2, -0.15) is 0 Å². The molecule has 88 valence electrons. The van der Waals surface area contributed by atoms with Crippen LogP contribution in [0.4, 0.5) is 11.4 Å². The van der Waals surface area contributed by atoms with Crippen molar-refractivity contribution in [1.82, 2.24) is 0 Å². The summed E-state index contributed by atoms with van der Waals surface area (Å²) in [5.41, 5.74) is 7.17. The molecule has 0 saturated carbocycles. The van der Waals surface area contributed by atoms with Gasteiger partial charge < -0.3 is 10.6 Å². The second-order valence-corrected chi connectivity index (χ2v) is 5.16. The maximum absolute atomic E-state index is 12.2. The van der Waals surface area contributed by atoms with E-state index in [1.54, 1.807) is 24.1 Å². The number of nitrogens with zero attached hydrogens (tertiary/aromatic N) is 1. The number of amides is 1. The highest BCUT2D eigenvalue weighted by Crippen LogP contribution is 2.21. The predicted molar refractivity (Wildman–Crippen MR) is 72.6 cm³/mol. The van der Waals surface area contributed by atoms with Crippen LogP contribution >= 0.6 is 11.3 Å². The van der Waals surface area contributed by atoms with Gasteiger partial charge in [0.15, 0.2) is 0 Å². The van der Waals surface area contributed by atoms with Crippen LogP contribution in [0.2, 0.25) is 0 Å². The van der Waals surface area contributed by atoms with E-state index in [2.05, 4.69) is 0 Å². The molecule has 0 unspecified atom stereocenters. The van der Waals surface area contributed by atoms with Crippen LogP contribution in [0.3, 0.4) is 0 Å². The lowest BCUT2D eigenvalue weighted by Gasteiger charge is -2.16. The van der Waals surface area contributed by atoms with Crippen LogP contribution in [-0.2, 0) is 0 Å². The monoisotopic (exact) mass is 246 g/mol. The van der Waals surface area contributed by atoms with Crippen molar-refractivity contribution in [3.05, 3.63) is 46.2 Å². The molecule has 2 aromatic rings. The Morgan fingerprint density at radius 3 is 2.65 bits per heavy atom. The van der Waals surface area contributed by atoms with Crippen LogP contribution in [0.1, 0.15) is 14.5 Å². The first-order valence-electron chi connectivity index (χ1n) is 5.28. The Balaban J connectivity index is 2.26. The molecule has 1 amide bonds. The molecule has 2 N–H and O–H groups in total. The summed E-state index contributed by atoms with van der Waals surface area (Å²) in [4.78, 5) is 15.7. The van der Waals surface area contributed by atoms with Gasteiger partial charge in [-0.1, -0.05) is 6.07 Å². The minimum Gasteiger partial charge on any atom is -0.399 e. The number of hydrogen-bond donors (Lipinski definition) is 1. The molecule has 0 aliphatic rings. The van der Waals surface area contributed by atoms with Crippen molar-refractivity contribution in [2.75, 3.05) is 17.7 Å². The molecule has 0 aliphatic carbocycles. The number of nitrogens with two attached hydrogens (primary N) is 1. The molecule has 0 radical (unpaired) electrons. The average molecular weight is 246 g/mol. The smallest absolute Gasteiger partial charge is 0.268 e. The van der Waals surface area contributed by atoms with E-state index in [1.807, 2.05) is 31.2 Å². The quantitative estimate of drug-likeness (QED) is 0.828. The van der Waals surface area contributed by atoms with E-state index in [4.69, 9.17) is 5.73 Å². The molecule has 2 rings (SSSR count). The van der Waals surface area contributed by atoms with Crippen LogP contribution in [-0.4, -0.2) is 13.0 Å². The summed E-state index contributed by atoms with van der Waals surface area (Å²) in [6.07, 6.45) is 0. The second-order valence-electron chi connectivity index (χ2n) is 3.87. The van der Waals surface area contributed by atoms with Crippen molar-refractivity contribution in [3.8, 4) is 0 Å². The van der Waals surface area contributed by atoms with Gasteiger partial charge in [0.1, 0.15) is 0 Å². The van der Waals surface area contributed by atoms with E-state index >= 15 is 0 Å². The average Bonchev–Trinajstić information content (AvgIpc) is 2.74. The number of aryl methyl sites for hydroxylation is 1. The summed E-state index contributed by atoms with van der Waals surface area (Å²) < 4.78 is 0. The number of hydrogen-bond acceptors (Lipinski definition) is 3. The molecule has 0 spiro atoms. The van der Waals surface area contributed by atoms with Crippen LogP contribution in [0, 0.1) is 6.92 Å². The highest BCUT2D eigenvalue weighted by Gasteiger charge is 2.14. The third-order valence-electron chi connectivity index (χ3n) is 2.51. The van der Waals surface area contributed by atoms with Crippen molar-refractivity contribution in [2.45, 2.75) is 6.92 Å². The highest BCUT2D eigenvalue weighted by atomic mass is 32.1. The molecule has 1 aromatic heterocycles. The number of nitrogen functional groups attached to an aromatic ring is 1. The molecule has 1 heterocycles. The summed E-state index contributed by atoms with van der Waals surface area (Å²) in [5.74, 6) is -0.00583. The van der Waals surface area contributed by atoms with Gasteiger partial charge in [-0.15, -0.1) is 11.3 Å². The van der Waals surface area contributed by atoms with Gasteiger partial charge in [-0.3, -0.25) is 4.79 Å². The number of thiophene rings is 1. The summed E-state index contributed by atoms with van der Waals surface area (Å²) in [5, 5.41) is 0. The number of carbonyl (C=O) groups excluding carboxylic acids is 1. The first-order valence-corrected chi connectivity index (χ1v) is 6.09. The van der Waals surface area contributed by atoms with Crippen LogP contribution in [0.15, 0.2) is 36.4 Å². The fraction of sp³-hybridized carbons (Fsp3) is 0.154. The van der Waals surface area contributed by atoms with Crippen molar-refractivity contribution in [1.29, 1.82) is 0 Å². The SMILES string of the molecule is Cc1ccc(C(=O)N(C)c2cccc(N)c2)s1. The Bertz CT molecular complexity index is 548. The first-order chi connectivity index (χ1) is 8.08. The number of rotatable bonds is 2. The zero-order valence-corrected chi connectivity index (χ0v) is 10.6. The number of anilines is 2. The second kappa shape index (κ2) is 4.59. The highest BCUT2D eigenvalue weighted by molar-refractivity contribution is 7.14. The van der Waals surface area contributed by atoms with E-state index in [9.17, 15) is 4.79 Å². The summed E-state index contributed by atoms with van der Waals surface area (Å²) >= 11 is 1.50. The van der Waals surface area contributed by atoms with E-state index in [0.29, 0.717) is 5.69 Å². The third kappa shape index (κ3) is 2.47. The van der Waals surface area contributed by atoms with Gasteiger partial charge >= 0.3 is 0 Å². The fourth-order valence-corrected chi connectivity index (χ4v) is 2.41. The van der Waals surface area contributed by atoms with Crippen LogP contribution in [0.25, 0.3) is 0 Å². The first kappa shape index (κ1) is 11.7. The Labute approximate surface area is 104 Å². The standard InChI is InChI=1S/C13H14N2OS/c1-9-6-7-12(17-9)13(16)15(2)11-5-3-4-10(14)8-11/h3-8H,14H2,1-2H3. The molecule has 3 nitrogen and oxygen atoms in total. The number of carbonyl (C=O) groups is 1. The lowest BCUT2D eigenvalue weighted by molar-refractivity contribution is 0.0997. The summed E-state index contributed by atoms with van der Waals surface area (Å²) in [6, 6.07) is 11.1. The van der Waals surface area contributed by atoms with Gasteiger partial charge in [0, 0.05) is 23.3 Å². The Morgan fingerprint density at radius 2 is 2.06 bits per heavy atom. The van der Waals surface area contributed by atoms with Gasteiger partial charge in [-0.25, -0.2) is 0 Å². The zero-order chi connectivity index (χ0) is 12.4. The minimum absolute atomic E-state index is 0.00583. The molecule has 0 atom stereocenters. The lowest BCUT2D eigenvalue weighted by atomic mass is 10.2. The molecule has 0 saturated heterocycles. The number of benzene rings is 1. The van der Waals surface area contributed by atoms with Crippen molar-refractivity contribution < 1.29 is 4.79 Å². The molecule has 17 heavy (non-hydrogen) atoms. The van der Waals surface area contributed by atoms with Crippen molar-refractivity contribution in [3.63, 3.8) is 0 Å². The molecular formula is C13H14N2OS. The zero-order valence-electron chi connectivity index (χ0n) is 9.81. The van der Waals surface area contributed by atoms with Crippen molar-refractivity contribution >= 4 is 28.6 Å². The van der Waals surface area contributed by atoms with Crippen LogP contribution in [0.5, 0.6) is 0 Å². The molecular weight excluding hydrogens is 232 g/mol. The van der Waals surface area contributed by atoms with Gasteiger partial charge in [0.2, 0.25) is 0 Å². The lowest BCUT2D eigenvalue weighted by Crippen LogP contribution is -2.25. The maximum atomic E-state index is 12.2. The fourth-order valence-electron chi connectivity index (χ4n) is 1.57. The largest absolute Gasteiger partial charge is 0.399 e. The van der Waals surface area contributed by atoms with E-state index in [1.165, 1.54) is 11.3 Å². The molecule has 0 fully saturated rings. The predicted octanol–water partition coefficient (Wildman–Crippen LogP) is 2.92. The van der Waals surface area contributed by atoms with Gasteiger partial charge in [-0.05, 0) is 37.3 Å². The van der Waals surface area contributed by atoms with Gasteiger partial charge in [0.05, 0.1) is 4.88 Å². The molecule has 1 aromatic carbocycles. The van der Waals surface area contributed by atoms with E-state index in [-0.39, 0.29) is 5.91 Å². The Kier molecular flexibility index (Phi) is 3.15. The Morgan fingerprint density at radius 1 is 1.29 bits per heavy atom. The normalized spacial score (nSPS) is 10.2.